The van der Waals surface area contributed by atoms with Crippen molar-refractivity contribution in [2.45, 2.75) is 99.6 Å². The van der Waals surface area contributed by atoms with E-state index in [0.29, 0.717) is 25.1 Å². The number of aryl methyl sites for hydroxylation is 3. The Morgan fingerprint density at radius 1 is 0.721 bits per heavy atom. The summed E-state index contributed by atoms with van der Waals surface area (Å²) in [6, 6.07) is 41.9. The number of carbonyl (C=O) groups excluding carboxylic acids is 4. The molecule has 1 aliphatic rings. The quantitative estimate of drug-likeness (QED) is 0.116. The van der Waals surface area contributed by atoms with Gasteiger partial charge in [0.05, 0.1) is 12.5 Å². The number of fused-ring (bicyclic) bond motifs is 1. The molecule has 5 aromatic carbocycles. The van der Waals surface area contributed by atoms with Crippen molar-refractivity contribution < 1.29 is 24.3 Å². The van der Waals surface area contributed by atoms with E-state index in [1.165, 1.54) is 47.3 Å². The van der Waals surface area contributed by atoms with E-state index in [-0.39, 0.29) is 43.8 Å². The molecular weight excluding hydrogens is 759 g/mol. The van der Waals surface area contributed by atoms with Crippen LogP contribution < -0.4 is 5.32 Å². The van der Waals surface area contributed by atoms with Crippen LogP contribution in [-0.4, -0.2) is 71.7 Å². The summed E-state index contributed by atoms with van der Waals surface area (Å²) in [7, 11) is 0. The summed E-state index contributed by atoms with van der Waals surface area (Å²) in [4.78, 5) is 50.0. The van der Waals surface area contributed by atoms with Gasteiger partial charge in [0.2, 0.25) is 11.8 Å². The maximum absolute atomic E-state index is 13.6. The van der Waals surface area contributed by atoms with E-state index < -0.39 is 6.10 Å². The largest absolute Gasteiger partial charge is 0.389 e. The first-order valence-corrected chi connectivity index (χ1v) is 21.6. The van der Waals surface area contributed by atoms with Crippen LogP contribution in [0.15, 0.2) is 127 Å². The number of aliphatic hydroxyl groups excluding tert-OH is 1. The van der Waals surface area contributed by atoms with Crippen LogP contribution in [0.3, 0.4) is 0 Å². The Labute approximate surface area is 366 Å². The van der Waals surface area contributed by atoms with E-state index in [9.17, 15) is 19.5 Å². The highest BCUT2D eigenvalue weighted by Crippen LogP contribution is 2.22. The predicted molar refractivity (Wildman–Crippen MR) is 251 cm³/mol. The SMILES string of the molecule is C=O.CCCC.CCCC.Cc1ccc(CCN(CC(O)CNC(=O)CN2Cc3ccccc3C2=O)C(=O)Cc2ccc(-c3ccccc3)cc2)c(C)c1.Cc1ccccc1. The molecule has 1 atom stereocenters. The molecule has 0 saturated heterocycles. The van der Waals surface area contributed by atoms with Crippen molar-refractivity contribution in [1.82, 2.24) is 15.1 Å². The molecule has 2 N–H and O–H groups in total. The van der Waals surface area contributed by atoms with Crippen LogP contribution in [0.4, 0.5) is 0 Å². The van der Waals surface area contributed by atoms with Gasteiger partial charge in [0.25, 0.3) is 5.91 Å². The molecule has 3 amide bonds. The van der Waals surface area contributed by atoms with Crippen molar-refractivity contribution in [1.29, 1.82) is 0 Å². The molecule has 1 unspecified atom stereocenters. The number of hydrogen-bond acceptors (Lipinski definition) is 5. The number of benzene rings is 5. The fraction of sp³-hybridized carbons (Fsp3) is 0.358. The molecule has 0 bridgehead atoms. The van der Waals surface area contributed by atoms with E-state index in [4.69, 9.17) is 4.79 Å². The summed E-state index contributed by atoms with van der Waals surface area (Å²) >= 11 is 0. The van der Waals surface area contributed by atoms with E-state index in [2.05, 4.69) is 96.2 Å². The van der Waals surface area contributed by atoms with Gasteiger partial charge in [0, 0.05) is 31.7 Å². The molecule has 61 heavy (non-hydrogen) atoms. The minimum absolute atomic E-state index is 0.0209. The maximum Gasteiger partial charge on any atom is 0.254 e. The number of aliphatic hydroxyl groups is 1. The topological polar surface area (TPSA) is 107 Å². The van der Waals surface area contributed by atoms with Crippen LogP contribution in [0.1, 0.15) is 97.1 Å². The number of carbonyl (C=O) groups is 4. The lowest BCUT2D eigenvalue weighted by molar-refractivity contribution is -0.131. The van der Waals surface area contributed by atoms with Crippen LogP contribution in [0.5, 0.6) is 0 Å². The third-order valence-electron chi connectivity index (χ3n) is 10.1. The fourth-order valence-corrected chi connectivity index (χ4v) is 6.19. The number of nitrogens with zero attached hydrogens (tertiary/aromatic N) is 2. The number of unbranched alkanes of at least 4 members (excludes halogenated alkanes) is 2. The lowest BCUT2D eigenvalue weighted by Crippen LogP contribution is -2.45. The van der Waals surface area contributed by atoms with Crippen molar-refractivity contribution in [3.05, 3.63) is 166 Å². The van der Waals surface area contributed by atoms with Crippen molar-refractivity contribution >= 4 is 24.5 Å². The van der Waals surface area contributed by atoms with Gasteiger partial charge < -0.3 is 25.0 Å². The van der Waals surface area contributed by atoms with E-state index in [1.54, 1.807) is 11.0 Å². The van der Waals surface area contributed by atoms with Crippen LogP contribution >= 0.6 is 0 Å². The molecule has 8 heteroatoms. The Balaban J connectivity index is 0.000000636. The predicted octanol–water partition coefficient (Wildman–Crippen LogP) is 10.1. The van der Waals surface area contributed by atoms with Gasteiger partial charge in [-0.3, -0.25) is 14.4 Å². The highest BCUT2D eigenvalue weighted by atomic mass is 16.3. The van der Waals surface area contributed by atoms with Gasteiger partial charge in [-0.25, -0.2) is 0 Å². The molecule has 0 fully saturated rings. The number of amides is 3. The van der Waals surface area contributed by atoms with Crippen LogP contribution in [0.2, 0.25) is 0 Å². The van der Waals surface area contributed by atoms with Gasteiger partial charge in [-0.2, -0.15) is 0 Å². The Morgan fingerprint density at radius 2 is 1.28 bits per heavy atom. The molecule has 326 valence electrons. The minimum atomic E-state index is -0.964. The summed E-state index contributed by atoms with van der Waals surface area (Å²) in [5.41, 5.74) is 9.44. The van der Waals surface area contributed by atoms with Crippen LogP contribution in [-0.2, 0) is 33.8 Å². The molecule has 8 nitrogen and oxygen atoms in total. The molecule has 0 saturated carbocycles. The van der Waals surface area contributed by atoms with Gasteiger partial charge in [-0.1, -0.05) is 186 Å². The third-order valence-corrected chi connectivity index (χ3v) is 10.1. The normalized spacial score (nSPS) is 11.4. The van der Waals surface area contributed by atoms with Crippen LogP contribution in [0, 0.1) is 20.8 Å². The molecule has 0 aromatic heterocycles. The highest BCUT2D eigenvalue weighted by molar-refractivity contribution is 6.00. The second-order valence-electron chi connectivity index (χ2n) is 15.2. The maximum atomic E-state index is 13.6. The second kappa shape index (κ2) is 29.4. The molecule has 0 spiro atoms. The summed E-state index contributed by atoms with van der Waals surface area (Å²) in [6.45, 7) is 17.7. The molecule has 5 aromatic rings. The van der Waals surface area contributed by atoms with Crippen molar-refractivity contribution in [2.24, 2.45) is 0 Å². The van der Waals surface area contributed by atoms with E-state index in [0.717, 1.165) is 27.8 Å². The second-order valence-corrected chi connectivity index (χ2v) is 15.2. The van der Waals surface area contributed by atoms with Gasteiger partial charge in [-0.15, -0.1) is 0 Å². The minimum Gasteiger partial charge on any atom is -0.389 e. The summed E-state index contributed by atoms with van der Waals surface area (Å²) in [6.07, 6.45) is 5.18. The molecular formula is C53H69N3O5. The first-order valence-electron chi connectivity index (χ1n) is 21.6. The average molecular weight is 828 g/mol. The Bertz CT molecular complexity index is 1990. The number of nitrogens with one attached hydrogen (secondary N) is 1. The first-order chi connectivity index (χ1) is 29.5. The summed E-state index contributed by atoms with van der Waals surface area (Å²) in [5.74, 6) is -0.610. The van der Waals surface area contributed by atoms with Crippen molar-refractivity contribution in [2.75, 3.05) is 26.2 Å². The fourth-order valence-electron chi connectivity index (χ4n) is 6.19. The first kappa shape index (κ1) is 51.3. The standard InChI is InChI=1S/C37H39N3O4.C7H8.2C4H10.CH2O/c1-26-12-15-29(27(2)20-26)18-19-39(36(43)21-28-13-16-31(17-14-28)30-8-4-3-5-9-30)24-33(41)22-38-35(42)25-40-23-32-10-6-7-11-34(32)37(40)44;1-7-5-3-2-4-6-7;2*1-3-4-2;1-2/h3-17,20,33,41H,18-19,21-25H2,1-2H3,(H,38,42);2-6H,1H3;2*3-4H2,1-2H3;1H2. The van der Waals surface area contributed by atoms with Gasteiger partial charge >= 0.3 is 0 Å². The average Bonchev–Trinajstić information content (AvgIpc) is 3.60. The number of hydrogen-bond donors (Lipinski definition) is 2. The van der Waals surface area contributed by atoms with Crippen molar-refractivity contribution in [3.63, 3.8) is 0 Å². The van der Waals surface area contributed by atoms with Crippen molar-refractivity contribution in [3.8, 4) is 11.1 Å². The number of rotatable bonds is 14. The lowest BCUT2D eigenvalue weighted by atomic mass is 10.0. The Morgan fingerprint density at radius 3 is 1.82 bits per heavy atom. The smallest absolute Gasteiger partial charge is 0.254 e. The molecule has 0 radical (unpaired) electrons. The monoisotopic (exact) mass is 828 g/mol. The molecule has 6 rings (SSSR count). The van der Waals surface area contributed by atoms with E-state index >= 15 is 0 Å². The Kier molecular flexibility index (Phi) is 24.7. The summed E-state index contributed by atoms with van der Waals surface area (Å²) in [5, 5.41) is 13.6. The molecule has 1 heterocycles. The molecule has 0 aliphatic carbocycles. The van der Waals surface area contributed by atoms with E-state index in [1.807, 2.05) is 85.7 Å². The highest BCUT2D eigenvalue weighted by Gasteiger charge is 2.28. The van der Waals surface area contributed by atoms with Gasteiger partial charge in [0.1, 0.15) is 13.3 Å². The molecule has 1 aliphatic heterocycles. The third kappa shape index (κ3) is 18.9. The van der Waals surface area contributed by atoms with Crippen LogP contribution in [0.25, 0.3) is 11.1 Å². The van der Waals surface area contributed by atoms with Gasteiger partial charge in [-0.05, 0) is 66.6 Å². The lowest BCUT2D eigenvalue weighted by Gasteiger charge is -2.26. The van der Waals surface area contributed by atoms with Gasteiger partial charge in [0.15, 0.2) is 0 Å². The zero-order valence-corrected chi connectivity index (χ0v) is 37.7. The Hall–Kier alpha value is -5.86. The zero-order chi connectivity index (χ0) is 45.0. The summed E-state index contributed by atoms with van der Waals surface area (Å²) < 4.78 is 0. The zero-order valence-electron chi connectivity index (χ0n) is 37.7.